The van der Waals surface area contributed by atoms with Crippen molar-refractivity contribution in [1.82, 2.24) is 13.9 Å². The van der Waals surface area contributed by atoms with Crippen molar-refractivity contribution in [1.29, 1.82) is 0 Å². The minimum Gasteiger partial charge on any atom is -0.397 e. The molecule has 0 fully saturated rings. The highest BCUT2D eigenvalue weighted by Crippen LogP contribution is 2.28. The number of rotatable bonds is 4. The molecule has 0 spiro atoms. The summed E-state index contributed by atoms with van der Waals surface area (Å²) in [5, 5.41) is 0.346. The molecule has 6 nitrogen and oxygen atoms in total. The van der Waals surface area contributed by atoms with Crippen LogP contribution < -0.4 is 5.73 Å². The van der Waals surface area contributed by atoms with E-state index in [9.17, 15) is 8.42 Å². The Bertz CT molecular complexity index is 770. The third-order valence-corrected chi connectivity index (χ3v) is 5.54. The maximum atomic E-state index is 12.6. The van der Waals surface area contributed by atoms with Gasteiger partial charge in [0.1, 0.15) is 5.82 Å². The lowest BCUT2D eigenvalue weighted by molar-refractivity contribution is 0.451. The van der Waals surface area contributed by atoms with Crippen LogP contribution in [0.3, 0.4) is 0 Å². The Morgan fingerprint density at radius 1 is 1.43 bits per heavy atom. The molecule has 2 aromatic rings. The SMILES string of the molecule is Cc1cc(Cl)c(N)cc1S(=O)(=O)N(C)Cc1nccn1C. The number of aryl methyl sites for hydroxylation is 2. The standard InChI is InChI=1S/C13H17ClN4O2S/c1-9-6-10(14)11(15)7-12(9)21(19,20)18(3)8-13-16-4-5-17(13)2/h4-7H,8,15H2,1-3H3. The van der Waals surface area contributed by atoms with Crippen LogP contribution in [-0.4, -0.2) is 29.3 Å². The van der Waals surface area contributed by atoms with Gasteiger partial charge < -0.3 is 10.3 Å². The van der Waals surface area contributed by atoms with Gasteiger partial charge in [0, 0.05) is 26.5 Å². The summed E-state index contributed by atoms with van der Waals surface area (Å²) in [6.45, 7) is 1.86. The molecule has 1 aromatic heterocycles. The molecule has 114 valence electrons. The zero-order chi connectivity index (χ0) is 15.8. The zero-order valence-electron chi connectivity index (χ0n) is 12.0. The van der Waals surface area contributed by atoms with E-state index in [-0.39, 0.29) is 17.1 Å². The van der Waals surface area contributed by atoms with Gasteiger partial charge >= 0.3 is 0 Å². The van der Waals surface area contributed by atoms with Crippen LogP contribution in [0.4, 0.5) is 5.69 Å². The van der Waals surface area contributed by atoms with Crippen LogP contribution in [-0.2, 0) is 23.6 Å². The summed E-state index contributed by atoms with van der Waals surface area (Å²) in [7, 11) is -0.338. The Labute approximate surface area is 129 Å². The van der Waals surface area contributed by atoms with Crippen molar-refractivity contribution < 1.29 is 8.42 Å². The monoisotopic (exact) mass is 328 g/mol. The van der Waals surface area contributed by atoms with Crippen molar-refractivity contribution in [2.24, 2.45) is 7.05 Å². The van der Waals surface area contributed by atoms with Crippen LogP contribution in [0.2, 0.25) is 5.02 Å². The molecule has 0 unspecified atom stereocenters. The van der Waals surface area contributed by atoms with Crippen molar-refractivity contribution in [3.05, 3.63) is 40.9 Å². The number of halogens is 1. The molecule has 2 N–H and O–H groups in total. The van der Waals surface area contributed by atoms with E-state index in [1.54, 1.807) is 30.0 Å². The fraction of sp³-hybridized carbons (Fsp3) is 0.308. The highest BCUT2D eigenvalue weighted by molar-refractivity contribution is 7.89. The number of sulfonamides is 1. The summed E-state index contributed by atoms with van der Waals surface area (Å²) >= 11 is 5.90. The summed E-state index contributed by atoms with van der Waals surface area (Å²) in [6, 6.07) is 2.94. The van der Waals surface area contributed by atoms with Gasteiger partial charge in [-0.2, -0.15) is 4.31 Å². The van der Waals surface area contributed by atoms with Crippen LogP contribution in [0.5, 0.6) is 0 Å². The van der Waals surface area contributed by atoms with E-state index in [1.165, 1.54) is 17.4 Å². The Kier molecular flexibility index (Phi) is 4.27. The number of hydrogen-bond donors (Lipinski definition) is 1. The van der Waals surface area contributed by atoms with Gasteiger partial charge in [0.2, 0.25) is 10.0 Å². The van der Waals surface area contributed by atoms with E-state index in [1.807, 2.05) is 7.05 Å². The summed E-state index contributed by atoms with van der Waals surface area (Å²) in [5.41, 5.74) is 6.51. The molecule has 0 aliphatic carbocycles. The second kappa shape index (κ2) is 5.67. The molecule has 0 radical (unpaired) electrons. The van der Waals surface area contributed by atoms with Crippen LogP contribution in [0.15, 0.2) is 29.4 Å². The molecule has 2 rings (SSSR count). The molecule has 1 aromatic carbocycles. The molecule has 1 heterocycles. The van der Waals surface area contributed by atoms with Crippen molar-refractivity contribution in [2.45, 2.75) is 18.4 Å². The highest BCUT2D eigenvalue weighted by atomic mass is 35.5. The fourth-order valence-corrected chi connectivity index (χ4v) is 3.53. The minimum atomic E-state index is -3.66. The van der Waals surface area contributed by atoms with Crippen molar-refractivity contribution >= 4 is 27.3 Å². The maximum absolute atomic E-state index is 12.6. The van der Waals surface area contributed by atoms with Crippen molar-refractivity contribution in [2.75, 3.05) is 12.8 Å². The Balaban J connectivity index is 2.38. The summed E-state index contributed by atoms with van der Waals surface area (Å²) in [6.07, 6.45) is 3.39. The molecule has 0 saturated carbocycles. The number of nitrogens with two attached hydrogens (primary N) is 1. The number of imidazole rings is 1. The van der Waals surface area contributed by atoms with Gasteiger partial charge in [-0.1, -0.05) is 11.6 Å². The van der Waals surface area contributed by atoms with Gasteiger partial charge in [0.05, 0.1) is 22.2 Å². The van der Waals surface area contributed by atoms with E-state index < -0.39 is 10.0 Å². The molecule has 8 heteroatoms. The van der Waals surface area contributed by atoms with E-state index in [4.69, 9.17) is 17.3 Å². The summed E-state index contributed by atoms with van der Waals surface area (Å²) in [4.78, 5) is 4.28. The number of benzene rings is 1. The second-order valence-corrected chi connectivity index (χ2v) is 7.28. The fourth-order valence-electron chi connectivity index (χ4n) is 1.95. The number of anilines is 1. The third-order valence-electron chi connectivity index (χ3n) is 3.27. The first-order valence-electron chi connectivity index (χ1n) is 6.21. The topological polar surface area (TPSA) is 81.2 Å². The number of nitrogen functional groups attached to an aromatic ring is 1. The molecule has 21 heavy (non-hydrogen) atoms. The van der Waals surface area contributed by atoms with Crippen LogP contribution >= 0.6 is 11.6 Å². The first-order chi connectivity index (χ1) is 9.73. The van der Waals surface area contributed by atoms with Crippen LogP contribution in [0.1, 0.15) is 11.4 Å². The Hall–Kier alpha value is -1.57. The Morgan fingerprint density at radius 3 is 2.67 bits per heavy atom. The average Bonchev–Trinajstić information content (AvgIpc) is 2.79. The minimum absolute atomic E-state index is 0.154. The van der Waals surface area contributed by atoms with Gasteiger partial charge in [-0.05, 0) is 24.6 Å². The maximum Gasteiger partial charge on any atom is 0.243 e. The predicted molar refractivity (Wildman–Crippen MR) is 82.5 cm³/mol. The lowest BCUT2D eigenvalue weighted by atomic mass is 10.2. The quantitative estimate of drug-likeness (QED) is 0.867. The highest BCUT2D eigenvalue weighted by Gasteiger charge is 2.24. The smallest absolute Gasteiger partial charge is 0.243 e. The number of aromatic nitrogens is 2. The van der Waals surface area contributed by atoms with Gasteiger partial charge in [-0.15, -0.1) is 0 Å². The number of hydrogen-bond acceptors (Lipinski definition) is 4. The van der Waals surface area contributed by atoms with Gasteiger partial charge in [0.15, 0.2) is 0 Å². The molecular weight excluding hydrogens is 312 g/mol. The summed E-state index contributed by atoms with van der Waals surface area (Å²) < 4.78 is 28.3. The van der Waals surface area contributed by atoms with E-state index in [2.05, 4.69) is 4.98 Å². The summed E-state index contributed by atoms with van der Waals surface area (Å²) in [5.74, 6) is 0.653. The van der Waals surface area contributed by atoms with Gasteiger partial charge in [-0.3, -0.25) is 0 Å². The zero-order valence-corrected chi connectivity index (χ0v) is 13.6. The van der Waals surface area contributed by atoms with E-state index >= 15 is 0 Å². The molecule has 0 saturated heterocycles. The lowest BCUT2D eigenvalue weighted by Gasteiger charge is -2.19. The van der Waals surface area contributed by atoms with Crippen molar-refractivity contribution in [3.8, 4) is 0 Å². The van der Waals surface area contributed by atoms with E-state index in [0.717, 1.165) is 0 Å². The molecule has 0 aliphatic heterocycles. The molecular formula is C13H17ClN4O2S. The molecule has 0 aliphatic rings. The largest absolute Gasteiger partial charge is 0.397 e. The molecule has 0 amide bonds. The predicted octanol–water partition coefficient (Wildman–Crippen LogP) is 1.78. The molecule has 0 bridgehead atoms. The van der Waals surface area contributed by atoms with E-state index in [0.29, 0.717) is 16.4 Å². The van der Waals surface area contributed by atoms with Crippen LogP contribution in [0, 0.1) is 6.92 Å². The average molecular weight is 329 g/mol. The first kappa shape index (κ1) is 15.8. The third kappa shape index (κ3) is 3.04. The van der Waals surface area contributed by atoms with Gasteiger partial charge in [0.25, 0.3) is 0 Å². The number of nitrogens with zero attached hydrogens (tertiary/aromatic N) is 3. The van der Waals surface area contributed by atoms with Crippen molar-refractivity contribution in [3.63, 3.8) is 0 Å². The van der Waals surface area contributed by atoms with Gasteiger partial charge in [-0.25, -0.2) is 13.4 Å². The molecule has 0 atom stereocenters. The first-order valence-corrected chi connectivity index (χ1v) is 8.03. The Morgan fingerprint density at radius 2 is 2.10 bits per heavy atom. The lowest BCUT2D eigenvalue weighted by Crippen LogP contribution is -2.28. The normalized spacial score (nSPS) is 12.0. The van der Waals surface area contributed by atoms with Crippen LogP contribution in [0.25, 0.3) is 0 Å². The second-order valence-electron chi connectivity index (χ2n) is 4.85.